The lowest BCUT2D eigenvalue weighted by atomic mass is 9.80. The summed E-state index contributed by atoms with van der Waals surface area (Å²) in [5.41, 5.74) is 2.59. The highest BCUT2D eigenvalue weighted by molar-refractivity contribution is 5.43. The van der Waals surface area contributed by atoms with Gasteiger partial charge in [-0.3, -0.25) is 4.90 Å². The van der Waals surface area contributed by atoms with Crippen molar-refractivity contribution in [3.63, 3.8) is 0 Å². The van der Waals surface area contributed by atoms with Gasteiger partial charge in [-0.25, -0.2) is 0 Å². The number of ether oxygens (including phenoxy) is 2. The van der Waals surface area contributed by atoms with E-state index in [9.17, 15) is 5.11 Å². The molecule has 25 heavy (non-hydrogen) atoms. The van der Waals surface area contributed by atoms with Gasteiger partial charge in [0.25, 0.3) is 0 Å². The predicted molar refractivity (Wildman–Crippen MR) is 103 cm³/mol. The molecule has 1 heterocycles. The third-order valence-electron chi connectivity index (χ3n) is 4.66. The van der Waals surface area contributed by atoms with Crippen LogP contribution in [0.15, 0.2) is 18.2 Å². The Hall–Kier alpha value is -1.10. The van der Waals surface area contributed by atoms with Crippen LogP contribution in [0, 0.1) is 0 Å². The van der Waals surface area contributed by atoms with E-state index in [0.717, 1.165) is 32.1 Å². The van der Waals surface area contributed by atoms with Crippen molar-refractivity contribution in [1.82, 2.24) is 4.90 Å². The number of nitrogens with zero attached hydrogens (tertiary/aromatic N) is 1. The average molecular weight is 350 g/mol. The molecule has 0 saturated carbocycles. The topological polar surface area (TPSA) is 41.9 Å². The van der Waals surface area contributed by atoms with E-state index in [-0.39, 0.29) is 10.8 Å². The molecule has 1 aliphatic heterocycles. The molecule has 0 spiro atoms. The number of rotatable bonds is 5. The van der Waals surface area contributed by atoms with Crippen molar-refractivity contribution in [3.05, 3.63) is 29.3 Å². The Balaban J connectivity index is 2.05. The fraction of sp³-hybridized carbons (Fsp3) is 0.714. The van der Waals surface area contributed by atoms with Crippen LogP contribution in [0.25, 0.3) is 0 Å². The molecule has 0 unspecified atom stereocenters. The smallest absolute Gasteiger partial charge is 0.123 e. The minimum Gasteiger partial charge on any atom is -0.491 e. The molecule has 1 aromatic carbocycles. The Morgan fingerprint density at radius 1 is 1.08 bits per heavy atom. The van der Waals surface area contributed by atoms with Crippen LogP contribution in [0.3, 0.4) is 0 Å². The Kier molecular flexibility index (Phi) is 6.52. The van der Waals surface area contributed by atoms with E-state index in [2.05, 4.69) is 64.6 Å². The van der Waals surface area contributed by atoms with Crippen LogP contribution in [0.4, 0.5) is 0 Å². The van der Waals surface area contributed by atoms with Crippen molar-refractivity contribution >= 4 is 0 Å². The summed E-state index contributed by atoms with van der Waals surface area (Å²) in [6.07, 6.45) is -0.492. The van der Waals surface area contributed by atoms with Gasteiger partial charge in [0.2, 0.25) is 0 Å². The number of aliphatic hydroxyl groups excluding tert-OH is 1. The van der Waals surface area contributed by atoms with Crippen LogP contribution in [0.2, 0.25) is 0 Å². The standard InChI is InChI=1S/C21H35NO3/c1-20(2,3)16-7-8-19(18(13-16)21(4,5)6)25-15-17(23)14-22-9-11-24-12-10-22/h7-8,13,17,23H,9-12,14-15H2,1-6H3/t17-/m0/s1. The molecule has 1 atom stereocenters. The summed E-state index contributed by atoms with van der Waals surface area (Å²) < 4.78 is 11.4. The molecule has 4 nitrogen and oxygen atoms in total. The first kappa shape index (κ1) is 20.2. The molecule has 1 aliphatic rings. The lowest BCUT2D eigenvalue weighted by Crippen LogP contribution is -2.42. The monoisotopic (exact) mass is 349 g/mol. The number of morpholine rings is 1. The van der Waals surface area contributed by atoms with Gasteiger partial charge in [0.15, 0.2) is 0 Å². The van der Waals surface area contributed by atoms with Crippen LogP contribution in [0.1, 0.15) is 52.7 Å². The zero-order chi connectivity index (χ0) is 18.7. The Morgan fingerprint density at radius 2 is 1.72 bits per heavy atom. The molecule has 1 aromatic rings. The van der Waals surface area contributed by atoms with E-state index in [1.54, 1.807) is 0 Å². The molecule has 1 saturated heterocycles. The van der Waals surface area contributed by atoms with Crippen molar-refractivity contribution in [3.8, 4) is 5.75 Å². The molecule has 0 radical (unpaired) electrons. The summed E-state index contributed by atoms with van der Waals surface area (Å²) >= 11 is 0. The lowest BCUT2D eigenvalue weighted by Gasteiger charge is -2.30. The molecular formula is C21H35NO3. The Labute approximate surface area is 153 Å². The van der Waals surface area contributed by atoms with E-state index in [4.69, 9.17) is 9.47 Å². The first-order valence-electron chi connectivity index (χ1n) is 9.33. The second kappa shape index (κ2) is 8.07. The second-order valence-electron chi connectivity index (χ2n) is 9.09. The van der Waals surface area contributed by atoms with Gasteiger partial charge in [-0.1, -0.05) is 53.7 Å². The molecule has 4 heteroatoms. The van der Waals surface area contributed by atoms with Gasteiger partial charge >= 0.3 is 0 Å². The summed E-state index contributed by atoms with van der Waals surface area (Å²) in [6.45, 7) is 17.5. The van der Waals surface area contributed by atoms with Crippen LogP contribution in [-0.2, 0) is 15.6 Å². The number of benzene rings is 1. The largest absolute Gasteiger partial charge is 0.491 e. The highest BCUT2D eigenvalue weighted by Crippen LogP contribution is 2.35. The fourth-order valence-corrected chi connectivity index (χ4v) is 3.03. The normalized spacial score (nSPS) is 18.2. The van der Waals surface area contributed by atoms with Crippen molar-refractivity contribution < 1.29 is 14.6 Å². The molecule has 1 N–H and O–H groups in total. The number of hydrogen-bond acceptors (Lipinski definition) is 4. The number of hydrogen-bond donors (Lipinski definition) is 1. The van der Waals surface area contributed by atoms with Gasteiger partial charge in [0, 0.05) is 19.6 Å². The highest BCUT2D eigenvalue weighted by Gasteiger charge is 2.24. The summed E-state index contributed by atoms with van der Waals surface area (Å²) in [7, 11) is 0. The summed E-state index contributed by atoms with van der Waals surface area (Å²) in [5.74, 6) is 0.876. The molecule has 0 aliphatic carbocycles. The van der Waals surface area contributed by atoms with E-state index < -0.39 is 6.10 Å². The van der Waals surface area contributed by atoms with Gasteiger partial charge in [0.1, 0.15) is 18.5 Å². The van der Waals surface area contributed by atoms with Crippen LogP contribution < -0.4 is 4.74 Å². The first-order valence-corrected chi connectivity index (χ1v) is 9.33. The summed E-state index contributed by atoms with van der Waals surface area (Å²) in [6, 6.07) is 6.45. The zero-order valence-electron chi connectivity index (χ0n) is 16.8. The van der Waals surface area contributed by atoms with Crippen LogP contribution in [0.5, 0.6) is 5.75 Å². The minimum absolute atomic E-state index is 0.00818. The Bertz CT molecular complexity index is 551. The Morgan fingerprint density at radius 3 is 2.28 bits per heavy atom. The molecule has 0 aromatic heterocycles. The van der Waals surface area contributed by atoms with E-state index in [0.29, 0.717) is 13.2 Å². The highest BCUT2D eigenvalue weighted by atomic mass is 16.5. The van der Waals surface area contributed by atoms with E-state index in [1.165, 1.54) is 11.1 Å². The van der Waals surface area contributed by atoms with Gasteiger partial charge in [0.05, 0.1) is 13.2 Å². The van der Waals surface area contributed by atoms with Crippen molar-refractivity contribution in [2.45, 2.75) is 58.5 Å². The third kappa shape index (κ3) is 5.98. The molecule has 1 fully saturated rings. The second-order valence-corrected chi connectivity index (χ2v) is 9.09. The quantitative estimate of drug-likeness (QED) is 0.885. The summed E-state index contributed by atoms with van der Waals surface area (Å²) in [5, 5.41) is 10.3. The lowest BCUT2D eigenvalue weighted by molar-refractivity contribution is 0.00449. The van der Waals surface area contributed by atoms with Crippen LogP contribution >= 0.6 is 0 Å². The maximum absolute atomic E-state index is 10.3. The van der Waals surface area contributed by atoms with Gasteiger partial charge in [-0.05, 0) is 28.0 Å². The van der Waals surface area contributed by atoms with E-state index in [1.807, 2.05) is 0 Å². The summed E-state index contributed by atoms with van der Waals surface area (Å²) in [4.78, 5) is 2.23. The average Bonchev–Trinajstić information content (AvgIpc) is 2.52. The minimum atomic E-state index is -0.492. The molecule has 0 amide bonds. The third-order valence-corrected chi connectivity index (χ3v) is 4.66. The van der Waals surface area contributed by atoms with Crippen molar-refractivity contribution in [1.29, 1.82) is 0 Å². The maximum Gasteiger partial charge on any atom is 0.123 e. The zero-order valence-corrected chi connectivity index (χ0v) is 16.8. The van der Waals surface area contributed by atoms with E-state index >= 15 is 0 Å². The first-order chi connectivity index (χ1) is 11.6. The number of aliphatic hydroxyl groups is 1. The predicted octanol–water partition coefficient (Wildman–Crippen LogP) is 3.35. The fourth-order valence-electron chi connectivity index (χ4n) is 3.03. The van der Waals surface area contributed by atoms with Gasteiger partial charge in [-0.2, -0.15) is 0 Å². The molecule has 0 bridgehead atoms. The molecule has 2 rings (SSSR count). The maximum atomic E-state index is 10.3. The van der Waals surface area contributed by atoms with Crippen molar-refractivity contribution in [2.75, 3.05) is 39.5 Å². The molecule has 142 valence electrons. The number of β-amino-alcohol motifs (C(OH)–C–C–N with tert-alkyl or cyclic N) is 1. The molecular weight excluding hydrogens is 314 g/mol. The van der Waals surface area contributed by atoms with Crippen molar-refractivity contribution in [2.24, 2.45) is 0 Å². The van der Waals surface area contributed by atoms with Gasteiger partial charge in [-0.15, -0.1) is 0 Å². The SMILES string of the molecule is CC(C)(C)c1ccc(OC[C@@H](O)CN2CCOCC2)c(C(C)(C)C)c1. The van der Waals surface area contributed by atoms with Crippen LogP contribution in [-0.4, -0.2) is 55.6 Å². The van der Waals surface area contributed by atoms with Gasteiger partial charge < -0.3 is 14.6 Å².